The lowest BCUT2D eigenvalue weighted by Gasteiger charge is -2.29. The van der Waals surface area contributed by atoms with Crippen molar-refractivity contribution < 1.29 is 9.90 Å². The largest absolute Gasteiger partial charge is 0.481 e. The van der Waals surface area contributed by atoms with Crippen LogP contribution in [0.3, 0.4) is 0 Å². The standard InChI is InChI=1S/C18H33NO2/c1-18(2,3)14-7-5-8-15(11-10-14)19-12-13-6-4-9-16(13)17(20)21/h13-16,19H,4-12H2,1-3H3,(H,20,21). The maximum Gasteiger partial charge on any atom is 0.306 e. The van der Waals surface area contributed by atoms with Crippen molar-refractivity contribution in [3.8, 4) is 0 Å². The number of hydrogen-bond acceptors (Lipinski definition) is 2. The smallest absolute Gasteiger partial charge is 0.306 e. The average molecular weight is 295 g/mol. The second-order valence-corrected chi connectivity index (χ2v) is 8.31. The van der Waals surface area contributed by atoms with Crippen molar-refractivity contribution in [2.45, 2.75) is 78.2 Å². The summed E-state index contributed by atoms with van der Waals surface area (Å²) >= 11 is 0. The molecule has 0 saturated heterocycles. The molecule has 0 heterocycles. The minimum atomic E-state index is -0.590. The molecule has 2 aliphatic carbocycles. The Morgan fingerprint density at radius 3 is 2.43 bits per heavy atom. The number of rotatable bonds is 4. The number of carbonyl (C=O) groups is 1. The second kappa shape index (κ2) is 7.13. The molecule has 122 valence electrons. The van der Waals surface area contributed by atoms with Gasteiger partial charge >= 0.3 is 5.97 Å². The van der Waals surface area contributed by atoms with Crippen LogP contribution in [0.1, 0.15) is 72.1 Å². The van der Waals surface area contributed by atoms with Gasteiger partial charge in [-0.15, -0.1) is 0 Å². The number of aliphatic carboxylic acids is 1. The molecule has 3 heteroatoms. The van der Waals surface area contributed by atoms with Gasteiger partial charge in [0.25, 0.3) is 0 Å². The average Bonchev–Trinajstić information content (AvgIpc) is 2.72. The van der Waals surface area contributed by atoms with Gasteiger partial charge in [-0.25, -0.2) is 0 Å². The lowest BCUT2D eigenvalue weighted by Crippen LogP contribution is -2.35. The molecule has 0 bridgehead atoms. The Kier molecular flexibility index (Phi) is 5.70. The van der Waals surface area contributed by atoms with Crippen LogP contribution in [0, 0.1) is 23.2 Å². The van der Waals surface area contributed by atoms with Gasteiger partial charge < -0.3 is 10.4 Å². The van der Waals surface area contributed by atoms with Crippen molar-refractivity contribution in [3.63, 3.8) is 0 Å². The highest BCUT2D eigenvalue weighted by molar-refractivity contribution is 5.70. The van der Waals surface area contributed by atoms with Crippen molar-refractivity contribution in [2.24, 2.45) is 23.2 Å². The van der Waals surface area contributed by atoms with E-state index >= 15 is 0 Å². The first-order chi connectivity index (χ1) is 9.88. The molecular formula is C18H33NO2. The second-order valence-electron chi connectivity index (χ2n) is 8.31. The van der Waals surface area contributed by atoms with E-state index in [-0.39, 0.29) is 5.92 Å². The number of carboxylic acids is 1. The van der Waals surface area contributed by atoms with Gasteiger partial charge in [0.15, 0.2) is 0 Å². The van der Waals surface area contributed by atoms with E-state index in [2.05, 4.69) is 26.1 Å². The van der Waals surface area contributed by atoms with Gasteiger partial charge in [-0.2, -0.15) is 0 Å². The van der Waals surface area contributed by atoms with Gasteiger partial charge in [-0.3, -0.25) is 4.79 Å². The molecule has 2 saturated carbocycles. The zero-order chi connectivity index (χ0) is 15.5. The third-order valence-corrected chi connectivity index (χ3v) is 5.84. The maximum atomic E-state index is 11.2. The summed E-state index contributed by atoms with van der Waals surface area (Å²) in [4.78, 5) is 11.2. The monoisotopic (exact) mass is 295 g/mol. The van der Waals surface area contributed by atoms with Crippen LogP contribution >= 0.6 is 0 Å². The van der Waals surface area contributed by atoms with E-state index in [0.29, 0.717) is 17.4 Å². The minimum absolute atomic E-state index is 0.106. The van der Waals surface area contributed by atoms with E-state index in [1.54, 1.807) is 0 Å². The third kappa shape index (κ3) is 4.70. The Morgan fingerprint density at radius 1 is 1.05 bits per heavy atom. The summed E-state index contributed by atoms with van der Waals surface area (Å²) in [5, 5.41) is 13.0. The Bertz CT molecular complexity index is 348. The van der Waals surface area contributed by atoms with Gasteiger partial charge in [-0.05, 0) is 62.3 Å². The summed E-state index contributed by atoms with van der Waals surface area (Å²) in [6.07, 6.45) is 9.53. The van der Waals surface area contributed by atoms with Gasteiger partial charge in [0.1, 0.15) is 0 Å². The Hall–Kier alpha value is -0.570. The van der Waals surface area contributed by atoms with Crippen molar-refractivity contribution in [1.82, 2.24) is 5.32 Å². The van der Waals surface area contributed by atoms with Crippen molar-refractivity contribution in [1.29, 1.82) is 0 Å². The fraction of sp³-hybridized carbons (Fsp3) is 0.944. The van der Waals surface area contributed by atoms with Crippen LogP contribution in [0.25, 0.3) is 0 Å². The van der Waals surface area contributed by atoms with Gasteiger partial charge in [0.2, 0.25) is 0 Å². The molecule has 3 nitrogen and oxygen atoms in total. The van der Waals surface area contributed by atoms with E-state index in [9.17, 15) is 9.90 Å². The Balaban J connectivity index is 1.78. The van der Waals surface area contributed by atoms with Crippen molar-refractivity contribution in [3.05, 3.63) is 0 Å². The van der Waals surface area contributed by atoms with Crippen LogP contribution in [0.2, 0.25) is 0 Å². The molecule has 0 aliphatic heterocycles. The zero-order valence-electron chi connectivity index (χ0n) is 14.0. The summed E-state index contributed by atoms with van der Waals surface area (Å²) in [6.45, 7) is 7.99. The van der Waals surface area contributed by atoms with E-state index in [1.165, 1.54) is 32.1 Å². The minimum Gasteiger partial charge on any atom is -0.481 e. The molecule has 21 heavy (non-hydrogen) atoms. The first kappa shape index (κ1) is 16.8. The fourth-order valence-electron chi connectivity index (χ4n) is 4.30. The summed E-state index contributed by atoms with van der Waals surface area (Å²) in [7, 11) is 0. The summed E-state index contributed by atoms with van der Waals surface area (Å²) in [5.41, 5.74) is 0.425. The molecule has 4 unspecified atom stereocenters. The molecule has 2 rings (SSSR count). The van der Waals surface area contributed by atoms with Crippen molar-refractivity contribution >= 4 is 5.97 Å². The van der Waals surface area contributed by atoms with Gasteiger partial charge in [0.05, 0.1) is 5.92 Å². The highest BCUT2D eigenvalue weighted by Gasteiger charge is 2.33. The van der Waals surface area contributed by atoms with Crippen LogP contribution in [-0.4, -0.2) is 23.7 Å². The number of carboxylic acid groups (broad SMARTS) is 1. The number of hydrogen-bond donors (Lipinski definition) is 2. The maximum absolute atomic E-state index is 11.2. The summed E-state index contributed by atoms with van der Waals surface area (Å²) in [6, 6.07) is 0.604. The van der Waals surface area contributed by atoms with Crippen LogP contribution in [0.5, 0.6) is 0 Å². The fourth-order valence-corrected chi connectivity index (χ4v) is 4.30. The summed E-state index contributed by atoms with van der Waals surface area (Å²) < 4.78 is 0. The van der Waals surface area contributed by atoms with Crippen LogP contribution in [-0.2, 0) is 4.79 Å². The highest BCUT2D eigenvalue weighted by atomic mass is 16.4. The molecule has 2 N–H and O–H groups in total. The zero-order valence-corrected chi connectivity index (χ0v) is 14.0. The highest BCUT2D eigenvalue weighted by Crippen LogP contribution is 2.37. The first-order valence-corrected chi connectivity index (χ1v) is 8.84. The van der Waals surface area contributed by atoms with Gasteiger partial charge in [0, 0.05) is 6.04 Å². The van der Waals surface area contributed by atoms with Crippen LogP contribution in [0.4, 0.5) is 0 Å². The molecule has 0 aromatic rings. The predicted octanol–water partition coefficient (Wildman–Crippen LogP) is 4.07. The Labute approximate surface area is 129 Å². The predicted molar refractivity (Wildman–Crippen MR) is 86.3 cm³/mol. The summed E-state index contributed by atoms with van der Waals surface area (Å²) in [5.74, 6) is 0.491. The molecule has 0 aromatic carbocycles. The van der Waals surface area contributed by atoms with E-state index in [4.69, 9.17) is 0 Å². The van der Waals surface area contributed by atoms with Crippen molar-refractivity contribution in [2.75, 3.05) is 6.54 Å². The quantitative estimate of drug-likeness (QED) is 0.769. The van der Waals surface area contributed by atoms with E-state index in [1.807, 2.05) is 0 Å². The van der Waals surface area contributed by atoms with E-state index in [0.717, 1.165) is 31.7 Å². The third-order valence-electron chi connectivity index (χ3n) is 5.84. The molecule has 4 atom stereocenters. The first-order valence-electron chi connectivity index (χ1n) is 8.84. The van der Waals surface area contributed by atoms with Gasteiger partial charge in [-0.1, -0.05) is 33.6 Å². The topological polar surface area (TPSA) is 49.3 Å². The normalized spacial score (nSPS) is 34.6. The Morgan fingerprint density at radius 2 is 1.76 bits per heavy atom. The molecule has 0 radical (unpaired) electrons. The number of nitrogens with one attached hydrogen (secondary N) is 1. The van der Waals surface area contributed by atoms with Crippen LogP contribution in [0.15, 0.2) is 0 Å². The molecule has 2 fully saturated rings. The van der Waals surface area contributed by atoms with Crippen LogP contribution < -0.4 is 5.32 Å². The lowest BCUT2D eigenvalue weighted by atomic mass is 9.76. The molecule has 0 spiro atoms. The lowest BCUT2D eigenvalue weighted by molar-refractivity contribution is -0.142. The molecule has 2 aliphatic rings. The SMILES string of the molecule is CC(C)(C)C1CCCC(NCC2CCCC2C(=O)O)CC1. The molecule has 0 amide bonds. The molecule has 0 aromatic heterocycles. The molecular weight excluding hydrogens is 262 g/mol. The van der Waals surface area contributed by atoms with E-state index < -0.39 is 5.97 Å².